The van der Waals surface area contributed by atoms with Crippen LogP contribution in [0, 0.1) is 5.92 Å². The summed E-state index contributed by atoms with van der Waals surface area (Å²) in [6, 6.07) is 11.2. The summed E-state index contributed by atoms with van der Waals surface area (Å²) in [6.45, 7) is 4.40. The fourth-order valence-electron chi connectivity index (χ4n) is 4.77. The Bertz CT molecular complexity index is 1140. The number of aromatic nitrogens is 3. The Morgan fingerprint density at radius 2 is 2.13 bits per heavy atom. The lowest BCUT2D eigenvalue weighted by molar-refractivity contribution is 0.0594. The molecule has 1 amide bonds. The minimum Gasteiger partial charge on any atom is -0.494 e. The molecule has 1 aromatic carbocycles. The number of nitrogens with one attached hydrogen (secondary N) is 1. The second kappa shape index (κ2) is 7.48. The van der Waals surface area contributed by atoms with Crippen molar-refractivity contribution in [2.45, 2.75) is 25.8 Å². The zero-order valence-corrected chi connectivity index (χ0v) is 16.9. The second-order valence-electron chi connectivity index (χ2n) is 8.00. The Kier molecular flexibility index (Phi) is 4.65. The van der Waals surface area contributed by atoms with E-state index in [0.29, 0.717) is 48.9 Å². The number of carbonyl (C=O) groups is 1. The third kappa shape index (κ3) is 3.20. The molecule has 0 unspecified atom stereocenters. The average Bonchev–Trinajstić information content (AvgIpc) is 3.29. The van der Waals surface area contributed by atoms with Gasteiger partial charge in [-0.25, -0.2) is 4.98 Å². The molecule has 3 aromatic rings. The highest BCUT2D eigenvalue weighted by atomic mass is 16.5. The molecule has 0 spiro atoms. The average molecular weight is 404 g/mol. The van der Waals surface area contributed by atoms with Crippen LogP contribution in [-0.2, 0) is 6.54 Å². The quantitative estimate of drug-likeness (QED) is 0.725. The number of pyridine rings is 1. The maximum Gasteiger partial charge on any atom is 0.261 e. The van der Waals surface area contributed by atoms with Gasteiger partial charge in [-0.1, -0.05) is 6.07 Å². The lowest BCUT2D eigenvalue weighted by Gasteiger charge is -2.43. The summed E-state index contributed by atoms with van der Waals surface area (Å²) in [5, 5.41) is 0. The van der Waals surface area contributed by atoms with Crippen molar-refractivity contribution >= 4 is 5.91 Å². The molecular weight excluding hydrogens is 380 g/mol. The summed E-state index contributed by atoms with van der Waals surface area (Å²) in [4.78, 5) is 35.4. The van der Waals surface area contributed by atoms with Crippen molar-refractivity contribution in [3.05, 3.63) is 70.4 Å². The van der Waals surface area contributed by atoms with Crippen LogP contribution >= 0.6 is 0 Å². The van der Waals surface area contributed by atoms with Crippen molar-refractivity contribution in [2.75, 3.05) is 19.7 Å². The molecule has 0 radical (unpaired) electrons. The minimum atomic E-state index is -0.0126. The molecule has 5 rings (SSSR count). The van der Waals surface area contributed by atoms with Crippen molar-refractivity contribution in [1.29, 1.82) is 0 Å². The normalized spacial score (nSPS) is 20.0. The number of amides is 1. The fraction of sp³-hybridized carbons (Fsp3) is 0.348. The van der Waals surface area contributed by atoms with Gasteiger partial charge in [-0.3, -0.25) is 9.59 Å². The Balaban J connectivity index is 1.42. The number of rotatable bonds is 4. The molecule has 1 N–H and O–H groups in total. The van der Waals surface area contributed by atoms with Crippen LogP contribution in [0.2, 0.25) is 0 Å². The van der Waals surface area contributed by atoms with Crippen molar-refractivity contribution in [3.63, 3.8) is 0 Å². The molecule has 1 fully saturated rings. The first-order valence-corrected chi connectivity index (χ1v) is 10.4. The van der Waals surface area contributed by atoms with E-state index in [4.69, 9.17) is 4.74 Å². The Labute approximate surface area is 174 Å². The number of ether oxygens (including phenoxy) is 1. The standard InChI is InChI=1S/C23H24N4O3/c1-2-30-18-5-3-4-16(11-18)22(28)26-12-15-10-17(14-26)20-7-6-19(21-24-8-9-25-21)23(29)27(20)13-15/h3-9,11,15,17H,2,10,12-14H2,1H3,(H,24,25)/t15-,17+/m0/s1. The van der Waals surface area contributed by atoms with Gasteiger partial charge < -0.3 is 19.2 Å². The van der Waals surface area contributed by atoms with Crippen LogP contribution in [-0.4, -0.2) is 45.0 Å². The summed E-state index contributed by atoms with van der Waals surface area (Å²) in [5.74, 6) is 1.75. The van der Waals surface area contributed by atoms with Crippen LogP contribution in [0.3, 0.4) is 0 Å². The monoisotopic (exact) mass is 404 g/mol. The first-order valence-electron chi connectivity index (χ1n) is 10.4. The van der Waals surface area contributed by atoms with Gasteiger partial charge in [0, 0.05) is 49.2 Å². The second-order valence-corrected chi connectivity index (χ2v) is 8.00. The van der Waals surface area contributed by atoms with E-state index >= 15 is 0 Å². The first kappa shape index (κ1) is 18.7. The zero-order chi connectivity index (χ0) is 20.7. The summed E-state index contributed by atoms with van der Waals surface area (Å²) in [7, 11) is 0. The number of nitrogens with zero attached hydrogens (tertiary/aromatic N) is 3. The van der Waals surface area contributed by atoms with E-state index in [9.17, 15) is 9.59 Å². The molecule has 2 aliphatic rings. The zero-order valence-electron chi connectivity index (χ0n) is 16.9. The third-order valence-electron chi connectivity index (χ3n) is 6.04. The van der Waals surface area contributed by atoms with E-state index in [1.54, 1.807) is 12.4 Å². The topological polar surface area (TPSA) is 80.2 Å². The van der Waals surface area contributed by atoms with Gasteiger partial charge in [-0.15, -0.1) is 0 Å². The molecule has 30 heavy (non-hydrogen) atoms. The summed E-state index contributed by atoms with van der Waals surface area (Å²) in [6.07, 6.45) is 4.37. The Morgan fingerprint density at radius 3 is 2.93 bits per heavy atom. The number of fused-ring (bicyclic) bond motifs is 4. The summed E-state index contributed by atoms with van der Waals surface area (Å²) < 4.78 is 7.43. The van der Waals surface area contributed by atoms with E-state index in [2.05, 4.69) is 9.97 Å². The number of hydrogen-bond donors (Lipinski definition) is 1. The molecule has 2 aromatic heterocycles. The van der Waals surface area contributed by atoms with Crippen LogP contribution < -0.4 is 10.3 Å². The van der Waals surface area contributed by atoms with Gasteiger partial charge in [0.1, 0.15) is 11.6 Å². The summed E-state index contributed by atoms with van der Waals surface area (Å²) in [5.41, 5.74) is 2.23. The molecule has 1 saturated heterocycles. The van der Waals surface area contributed by atoms with Crippen LogP contribution in [0.15, 0.2) is 53.6 Å². The molecule has 4 heterocycles. The highest BCUT2D eigenvalue weighted by Crippen LogP contribution is 2.36. The largest absolute Gasteiger partial charge is 0.494 e. The van der Waals surface area contributed by atoms with Gasteiger partial charge in [-0.2, -0.15) is 0 Å². The van der Waals surface area contributed by atoms with Crippen molar-refractivity contribution in [3.8, 4) is 17.1 Å². The fourth-order valence-corrected chi connectivity index (χ4v) is 4.77. The number of imidazole rings is 1. The van der Waals surface area contributed by atoms with Crippen LogP contribution in [0.4, 0.5) is 0 Å². The first-order chi connectivity index (χ1) is 14.6. The number of hydrogen-bond acceptors (Lipinski definition) is 4. The third-order valence-corrected chi connectivity index (χ3v) is 6.04. The van der Waals surface area contributed by atoms with Crippen molar-refractivity contribution in [2.24, 2.45) is 5.92 Å². The smallest absolute Gasteiger partial charge is 0.261 e. The van der Waals surface area contributed by atoms with Crippen molar-refractivity contribution in [1.82, 2.24) is 19.4 Å². The van der Waals surface area contributed by atoms with Gasteiger partial charge in [-0.05, 0) is 49.6 Å². The number of carbonyl (C=O) groups excluding carboxylic acids is 1. The van der Waals surface area contributed by atoms with Gasteiger partial charge in [0.25, 0.3) is 11.5 Å². The van der Waals surface area contributed by atoms with E-state index in [1.807, 2.05) is 52.8 Å². The lowest BCUT2D eigenvalue weighted by atomic mass is 9.82. The molecule has 7 heteroatoms. The van der Waals surface area contributed by atoms with Gasteiger partial charge in [0.05, 0.1) is 12.2 Å². The SMILES string of the molecule is CCOc1cccc(C(=O)N2C[C@@H]3C[C@H](C2)c2ccc(-c4ncc[nH]4)c(=O)n2C3)c1. The Hall–Kier alpha value is -3.35. The number of piperidine rings is 1. The number of likely N-dealkylation sites (tertiary alicyclic amines) is 1. The molecule has 0 aliphatic carbocycles. The lowest BCUT2D eigenvalue weighted by Crippen LogP contribution is -2.49. The minimum absolute atomic E-state index is 0.0126. The molecule has 2 bridgehead atoms. The van der Waals surface area contributed by atoms with E-state index < -0.39 is 0 Å². The molecule has 154 valence electrons. The molecule has 0 saturated carbocycles. The number of H-pyrrole nitrogens is 1. The molecular formula is C23H24N4O3. The predicted molar refractivity (Wildman–Crippen MR) is 113 cm³/mol. The predicted octanol–water partition coefficient (Wildman–Crippen LogP) is 2.90. The van der Waals surface area contributed by atoms with Crippen LogP contribution in [0.1, 0.15) is 35.3 Å². The number of aromatic amines is 1. The molecule has 7 nitrogen and oxygen atoms in total. The van der Waals surface area contributed by atoms with Gasteiger partial charge in [0.15, 0.2) is 0 Å². The highest BCUT2D eigenvalue weighted by molar-refractivity contribution is 5.94. The van der Waals surface area contributed by atoms with Crippen molar-refractivity contribution < 1.29 is 9.53 Å². The number of benzene rings is 1. The maximum absolute atomic E-state index is 13.2. The van der Waals surface area contributed by atoms with Crippen LogP contribution in [0.25, 0.3) is 11.4 Å². The van der Waals surface area contributed by atoms with Gasteiger partial charge in [0.2, 0.25) is 0 Å². The van der Waals surface area contributed by atoms with Gasteiger partial charge >= 0.3 is 0 Å². The summed E-state index contributed by atoms with van der Waals surface area (Å²) >= 11 is 0. The van der Waals surface area contributed by atoms with E-state index in [0.717, 1.165) is 12.1 Å². The maximum atomic E-state index is 13.2. The van der Waals surface area contributed by atoms with E-state index in [-0.39, 0.29) is 23.3 Å². The van der Waals surface area contributed by atoms with Crippen LogP contribution in [0.5, 0.6) is 5.75 Å². The molecule has 2 atom stereocenters. The highest BCUT2D eigenvalue weighted by Gasteiger charge is 2.37. The Morgan fingerprint density at radius 1 is 1.23 bits per heavy atom. The van der Waals surface area contributed by atoms with E-state index in [1.165, 1.54) is 0 Å². The molecule has 2 aliphatic heterocycles.